The van der Waals surface area contributed by atoms with Crippen LogP contribution in [-0.2, 0) is 0 Å². The lowest BCUT2D eigenvalue weighted by Crippen LogP contribution is -2.25. The van der Waals surface area contributed by atoms with Crippen LogP contribution in [0, 0.1) is 6.92 Å². The summed E-state index contributed by atoms with van der Waals surface area (Å²) < 4.78 is 0.975. The van der Waals surface area contributed by atoms with Crippen LogP contribution in [0.3, 0.4) is 0 Å². The van der Waals surface area contributed by atoms with Gasteiger partial charge in [0.05, 0.1) is 5.69 Å². The molecule has 2 rings (SSSR count). The number of nitrogens with zero attached hydrogens (tertiary/aromatic N) is 3. The SMILES string of the molecule is Cc1nc(-c2cccnc2)sc1N(C)C(=S)SC(C)(C)C. The lowest BCUT2D eigenvalue weighted by molar-refractivity contribution is 0.809. The van der Waals surface area contributed by atoms with E-state index in [1.165, 1.54) is 0 Å². The van der Waals surface area contributed by atoms with Gasteiger partial charge in [-0.1, -0.05) is 56.1 Å². The molecule has 0 aromatic carbocycles. The molecule has 0 atom stereocenters. The van der Waals surface area contributed by atoms with Crippen molar-refractivity contribution in [3.63, 3.8) is 0 Å². The first-order chi connectivity index (χ1) is 9.78. The van der Waals surface area contributed by atoms with Gasteiger partial charge < -0.3 is 4.90 Å². The van der Waals surface area contributed by atoms with Gasteiger partial charge in [-0.05, 0) is 19.1 Å². The smallest absolute Gasteiger partial charge is 0.141 e. The molecule has 2 aromatic rings. The highest BCUT2D eigenvalue weighted by atomic mass is 32.2. The number of pyridine rings is 1. The Kier molecular flexibility index (Phi) is 5.01. The third-order valence-corrected chi connectivity index (χ3v) is 5.52. The zero-order valence-corrected chi connectivity index (χ0v) is 15.3. The maximum absolute atomic E-state index is 5.55. The van der Waals surface area contributed by atoms with Crippen molar-refractivity contribution < 1.29 is 0 Å². The van der Waals surface area contributed by atoms with Crippen LogP contribution in [-0.4, -0.2) is 26.1 Å². The summed E-state index contributed by atoms with van der Waals surface area (Å²) in [6.45, 7) is 8.52. The summed E-state index contributed by atoms with van der Waals surface area (Å²) in [7, 11) is 2.01. The van der Waals surface area contributed by atoms with Crippen molar-refractivity contribution in [2.75, 3.05) is 11.9 Å². The van der Waals surface area contributed by atoms with Crippen molar-refractivity contribution >= 4 is 44.6 Å². The quantitative estimate of drug-likeness (QED) is 0.737. The molecule has 0 aliphatic carbocycles. The van der Waals surface area contributed by atoms with Gasteiger partial charge in [-0.25, -0.2) is 4.98 Å². The first-order valence-electron chi connectivity index (χ1n) is 6.62. The fourth-order valence-corrected chi connectivity index (χ4v) is 4.46. The van der Waals surface area contributed by atoms with Gasteiger partial charge in [-0.2, -0.15) is 0 Å². The number of hydrogen-bond donors (Lipinski definition) is 0. The minimum atomic E-state index is 0.107. The van der Waals surface area contributed by atoms with Crippen molar-refractivity contribution in [2.45, 2.75) is 32.4 Å². The molecule has 0 radical (unpaired) electrons. The van der Waals surface area contributed by atoms with Crippen molar-refractivity contribution in [1.29, 1.82) is 0 Å². The van der Waals surface area contributed by atoms with E-state index in [9.17, 15) is 0 Å². The Morgan fingerprint density at radius 2 is 2.10 bits per heavy atom. The normalized spacial score (nSPS) is 11.5. The van der Waals surface area contributed by atoms with E-state index in [4.69, 9.17) is 12.2 Å². The van der Waals surface area contributed by atoms with Crippen LogP contribution in [0.5, 0.6) is 0 Å². The number of thiazole rings is 1. The van der Waals surface area contributed by atoms with Crippen LogP contribution in [0.1, 0.15) is 26.5 Å². The van der Waals surface area contributed by atoms with Gasteiger partial charge in [0.1, 0.15) is 14.3 Å². The number of anilines is 1. The first kappa shape index (κ1) is 16.4. The number of rotatable bonds is 2. The molecule has 0 spiro atoms. The minimum absolute atomic E-state index is 0.107. The van der Waals surface area contributed by atoms with Gasteiger partial charge in [0, 0.05) is 29.8 Å². The molecule has 2 heterocycles. The fraction of sp³-hybridized carbons (Fsp3) is 0.400. The van der Waals surface area contributed by atoms with E-state index in [1.807, 2.05) is 32.3 Å². The molecule has 0 unspecified atom stereocenters. The Hall–Kier alpha value is -0.980. The van der Waals surface area contributed by atoms with Crippen molar-refractivity contribution in [1.82, 2.24) is 9.97 Å². The third kappa shape index (κ3) is 4.25. The van der Waals surface area contributed by atoms with E-state index in [0.717, 1.165) is 25.6 Å². The molecule has 0 N–H and O–H groups in total. The van der Waals surface area contributed by atoms with Gasteiger partial charge >= 0.3 is 0 Å². The van der Waals surface area contributed by atoms with Gasteiger partial charge in [0.25, 0.3) is 0 Å². The summed E-state index contributed by atoms with van der Waals surface area (Å²) in [6, 6.07) is 3.95. The number of aryl methyl sites for hydroxylation is 1. The summed E-state index contributed by atoms with van der Waals surface area (Å²) in [4.78, 5) is 10.9. The predicted octanol–water partition coefficient (Wildman–Crippen LogP) is 4.77. The molecule has 3 nitrogen and oxygen atoms in total. The predicted molar refractivity (Wildman–Crippen MR) is 98.4 cm³/mol. The van der Waals surface area contributed by atoms with E-state index >= 15 is 0 Å². The van der Waals surface area contributed by atoms with Crippen molar-refractivity contribution in [3.05, 3.63) is 30.2 Å². The van der Waals surface area contributed by atoms with Crippen LogP contribution in [0.25, 0.3) is 10.6 Å². The largest absolute Gasteiger partial charge is 0.321 e. The summed E-state index contributed by atoms with van der Waals surface area (Å²) in [6.07, 6.45) is 3.61. The lowest BCUT2D eigenvalue weighted by atomic mass is 10.3. The maximum Gasteiger partial charge on any atom is 0.141 e. The molecule has 21 heavy (non-hydrogen) atoms. The fourth-order valence-electron chi connectivity index (χ4n) is 1.73. The summed E-state index contributed by atoms with van der Waals surface area (Å²) in [5.74, 6) is 0. The molecule has 0 fully saturated rings. The van der Waals surface area contributed by atoms with E-state index in [1.54, 1.807) is 29.3 Å². The first-order valence-corrected chi connectivity index (χ1v) is 8.66. The lowest BCUT2D eigenvalue weighted by Gasteiger charge is -2.24. The highest BCUT2D eigenvalue weighted by Crippen LogP contribution is 2.36. The van der Waals surface area contributed by atoms with E-state index in [-0.39, 0.29) is 4.75 Å². The maximum atomic E-state index is 5.55. The summed E-state index contributed by atoms with van der Waals surface area (Å²) >= 11 is 8.89. The molecule has 0 bridgehead atoms. The standard InChI is InChI=1S/C15H19N3S3/c1-10-13(18(5)14(19)21-15(2,3)4)20-12(17-10)11-7-6-8-16-9-11/h6-9H,1-5H3. The number of thiocarbonyl (C=S) groups is 1. The topological polar surface area (TPSA) is 29.0 Å². The average Bonchev–Trinajstić information content (AvgIpc) is 2.79. The van der Waals surface area contributed by atoms with E-state index in [0.29, 0.717) is 0 Å². The third-order valence-electron chi connectivity index (χ3n) is 2.65. The summed E-state index contributed by atoms with van der Waals surface area (Å²) in [5.41, 5.74) is 2.04. The van der Waals surface area contributed by atoms with Crippen LogP contribution >= 0.6 is 35.3 Å². The molecule has 0 saturated carbocycles. The molecule has 0 aliphatic rings. The van der Waals surface area contributed by atoms with Gasteiger partial charge in [-0.3, -0.25) is 4.98 Å². The van der Waals surface area contributed by atoms with E-state index < -0.39 is 0 Å². The van der Waals surface area contributed by atoms with Crippen LogP contribution in [0.4, 0.5) is 5.00 Å². The molecule has 112 valence electrons. The Morgan fingerprint density at radius 1 is 1.38 bits per heavy atom. The molecule has 0 saturated heterocycles. The second kappa shape index (κ2) is 6.42. The highest BCUT2D eigenvalue weighted by Gasteiger charge is 2.21. The molecule has 2 aromatic heterocycles. The number of hydrogen-bond acceptors (Lipinski definition) is 5. The monoisotopic (exact) mass is 337 g/mol. The zero-order chi connectivity index (χ0) is 15.6. The summed E-state index contributed by atoms with van der Waals surface area (Å²) in [5, 5.41) is 2.07. The molecule has 0 amide bonds. The average molecular weight is 338 g/mol. The van der Waals surface area contributed by atoms with Crippen LogP contribution < -0.4 is 4.90 Å². The Balaban J connectivity index is 2.25. The molecular weight excluding hydrogens is 318 g/mol. The number of aromatic nitrogens is 2. The molecule has 0 aliphatic heterocycles. The van der Waals surface area contributed by atoms with Crippen LogP contribution in [0.2, 0.25) is 0 Å². The Labute approximate surface area is 139 Å². The Morgan fingerprint density at radius 3 is 2.67 bits per heavy atom. The second-order valence-electron chi connectivity index (χ2n) is 5.69. The van der Waals surface area contributed by atoms with Gasteiger partial charge in [-0.15, -0.1) is 0 Å². The second-order valence-corrected chi connectivity index (χ2v) is 9.13. The number of thioether (sulfide) groups is 1. The van der Waals surface area contributed by atoms with Crippen LogP contribution in [0.15, 0.2) is 24.5 Å². The molecular formula is C15H19N3S3. The van der Waals surface area contributed by atoms with Gasteiger partial charge in [0.15, 0.2) is 0 Å². The highest BCUT2D eigenvalue weighted by molar-refractivity contribution is 8.24. The van der Waals surface area contributed by atoms with Crippen molar-refractivity contribution in [3.8, 4) is 10.6 Å². The van der Waals surface area contributed by atoms with Gasteiger partial charge in [0.2, 0.25) is 0 Å². The molecule has 6 heteroatoms. The minimum Gasteiger partial charge on any atom is -0.321 e. The zero-order valence-electron chi connectivity index (χ0n) is 12.9. The Bertz CT molecular complexity index is 629. The van der Waals surface area contributed by atoms with Crippen molar-refractivity contribution in [2.24, 2.45) is 0 Å². The van der Waals surface area contributed by atoms with E-state index in [2.05, 4.69) is 35.6 Å².